The monoisotopic (exact) mass is 363 g/mol. The van der Waals surface area contributed by atoms with E-state index in [1.807, 2.05) is 18.7 Å². The highest BCUT2D eigenvalue weighted by atomic mass is 16.5. The number of ether oxygens (including phenoxy) is 3. The topological polar surface area (TPSA) is 85.3 Å². The third-order valence-corrected chi connectivity index (χ3v) is 4.99. The Morgan fingerprint density at radius 1 is 1.19 bits per heavy atom. The Labute approximate surface area is 152 Å². The van der Waals surface area contributed by atoms with Gasteiger partial charge in [0.2, 0.25) is 0 Å². The first-order valence-electron chi connectivity index (χ1n) is 8.87. The first kappa shape index (κ1) is 18.7. The zero-order chi connectivity index (χ0) is 18.7. The van der Waals surface area contributed by atoms with Gasteiger partial charge in [-0.25, -0.2) is 4.79 Å². The number of nitrogens with zero attached hydrogens (tertiary/aromatic N) is 1. The maximum absolute atomic E-state index is 13.0. The van der Waals surface area contributed by atoms with Gasteiger partial charge in [-0.1, -0.05) is 0 Å². The van der Waals surface area contributed by atoms with Crippen molar-refractivity contribution in [2.24, 2.45) is 0 Å². The second-order valence-corrected chi connectivity index (χ2v) is 6.99. The number of amides is 1. The van der Waals surface area contributed by atoms with Crippen molar-refractivity contribution in [2.75, 3.05) is 39.5 Å². The maximum Gasteiger partial charge on any atom is 0.341 e. The summed E-state index contributed by atoms with van der Waals surface area (Å²) in [7, 11) is 0. The first-order chi connectivity index (χ1) is 12.4. The van der Waals surface area contributed by atoms with E-state index in [4.69, 9.17) is 19.3 Å². The largest absolute Gasteiger partial charge is 0.481 e. The summed E-state index contributed by atoms with van der Waals surface area (Å²) in [5, 5.41) is 8.78. The number of carbonyl (C=O) groups excluding carboxylic acids is 1. The fourth-order valence-electron chi connectivity index (χ4n) is 3.68. The number of benzene rings is 1. The van der Waals surface area contributed by atoms with Gasteiger partial charge in [0.1, 0.15) is 5.75 Å². The van der Waals surface area contributed by atoms with Crippen LogP contribution in [0.2, 0.25) is 0 Å². The summed E-state index contributed by atoms with van der Waals surface area (Å²) in [6, 6.07) is 3.53. The maximum atomic E-state index is 13.0. The Morgan fingerprint density at radius 2 is 1.85 bits per heavy atom. The Morgan fingerprint density at radius 3 is 2.46 bits per heavy atom. The Hall–Kier alpha value is -2.12. The summed E-state index contributed by atoms with van der Waals surface area (Å²) in [5.41, 5.74) is 1.81. The number of aryl methyl sites for hydroxylation is 2. The van der Waals surface area contributed by atoms with Gasteiger partial charge in [0, 0.05) is 38.2 Å². The molecular formula is C19H25NO6. The number of carboxylic acid groups (broad SMARTS) is 1. The van der Waals surface area contributed by atoms with Gasteiger partial charge in [0.15, 0.2) is 6.61 Å². The van der Waals surface area contributed by atoms with E-state index < -0.39 is 12.6 Å². The predicted molar refractivity (Wildman–Crippen MR) is 93.7 cm³/mol. The minimum Gasteiger partial charge on any atom is -0.481 e. The molecule has 0 radical (unpaired) electrons. The van der Waals surface area contributed by atoms with Crippen LogP contribution in [0.5, 0.6) is 5.75 Å². The molecule has 0 atom stereocenters. The molecule has 2 saturated heterocycles. The third kappa shape index (κ3) is 3.99. The number of hydrogen-bond donors (Lipinski definition) is 1. The van der Waals surface area contributed by atoms with E-state index in [9.17, 15) is 9.59 Å². The number of morpholine rings is 1. The average Bonchev–Trinajstić information content (AvgIpc) is 2.60. The van der Waals surface area contributed by atoms with Crippen LogP contribution in [0.25, 0.3) is 0 Å². The van der Waals surface area contributed by atoms with E-state index in [0.717, 1.165) is 24.0 Å². The number of carbonyl (C=O) groups is 2. The third-order valence-electron chi connectivity index (χ3n) is 4.99. The summed E-state index contributed by atoms with van der Waals surface area (Å²) >= 11 is 0. The molecule has 3 rings (SSSR count). The molecule has 1 spiro atoms. The molecule has 1 aromatic rings. The van der Waals surface area contributed by atoms with Crippen LogP contribution in [-0.4, -0.2) is 67.0 Å². The molecule has 142 valence electrons. The fourth-order valence-corrected chi connectivity index (χ4v) is 3.68. The van der Waals surface area contributed by atoms with Crippen LogP contribution in [0.3, 0.4) is 0 Å². The number of carboxylic acids is 1. The SMILES string of the molecule is Cc1cc(C(=O)N2CCOC3(CCOCC3)C2)cc(C)c1OCC(=O)O. The molecule has 26 heavy (non-hydrogen) atoms. The zero-order valence-corrected chi connectivity index (χ0v) is 15.2. The van der Waals surface area contributed by atoms with Gasteiger partial charge in [0.05, 0.1) is 18.8 Å². The Kier molecular flexibility index (Phi) is 5.48. The minimum absolute atomic E-state index is 0.0323. The summed E-state index contributed by atoms with van der Waals surface area (Å²) in [5.74, 6) is -0.541. The average molecular weight is 363 g/mol. The lowest BCUT2D eigenvalue weighted by molar-refractivity contribution is -0.146. The lowest BCUT2D eigenvalue weighted by Crippen LogP contribution is -2.55. The van der Waals surface area contributed by atoms with Crippen LogP contribution < -0.4 is 4.74 Å². The van der Waals surface area contributed by atoms with Crippen molar-refractivity contribution in [2.45, 2.75) is 32.3 Å². The van der Waals surface area contributed by atoms with Crippen molar-refractivity contribution < 1.29 is 28.9 Å². The van der Waals surface area contributed by atoms with Crippen LogP contribution in [-0.2, 0) is 14.3 Å². The van der Waals surface area contributed by atoms with Crippen molar-refractivity contribution in [3.8, 4) is 5.75 Å². The smallest absolute Gasteiger partial charge is 0.341 e. The van der Waals surface area contributed by atoms with Crippen molar-refractivity contribution in [1.29, 1.82) is 0 Å². The molecule has 0 aliphatic carbocycles. The van der Waals surface area contributed by atoms with Crippen molar-refractivity contribution in [3.05, 3.63) is 28.8 Å². The first-order valence-corrected chi connectivity index (χ1v) is 8.87. The van der Waals surface area contributed by atoms with E-state index in [1.54, 1.807) is 12.1 Å². The van der Waals surface area contributed by atoms with Gasteiger partial charge in [0.25, 0.3) is 5.91 Å². The van der Waals surface area contributed by atoms with Crippen LogP contribution in [0.4, 0.5) is 0 Å². The molecule has 7 nitrogen and oxygen atoms in total. The second-order valence-electron chi connectivity index (χ2n) is 6.99. The van der Waals surface area contributed by atoms with E-state index in [2.05, 4.69) is 0 Å². The van der Waals surface area contributed by atoms with E-state index in [-0.39, 0.29) is 11.5 Å². The molecule has 0 saturated carbocycles. The number of rotatable bonds is 4. The van der Waals surface area contributed by atoms with Gasteiger partial charge in [-0.2, -0.15) is 0 Å². The van der Waals surface area contributed by atoms with Crippen molar-refractivity contribution in [3.63, 3.8) is 0 Å². The molecule has 2 aliphatic heterocycles. The number of hydrogen-bond acceptors (Lipinski definition) is 5. The molecule has 2 aliphatic rings. The second kappa shape index (κ2) is 7.63. The van der Waals surface area contributed by atoms with Crippen LogP contribution in [0, 0.1) is 13.8 Å². The van der Waals surface area contributed by atoms with Crippen LogP contribution in [0.15, 0.2) is 12.1 Å². The van der Waals surface area contributed by atoms with Gasteiger partial charge in [-0.05, 0) is 37.1 Å². The van der Waals surface area contributed by atoms with Crippen LogP contribution >= 0.6 is 0 Å². The van der Waals surface area contributed by atoms with Crippen molar-refractivity contribution in [1.82, 2.24) is 4.90 Å². The lowest BCUT2D eigenvalue weighted by Gasteiger charge is -2.44. The number of aliphatic carboxylic acids is 1. The minimum atomic E-state index is -1.03. The van der Waals surface area contributed by atoms with Gasteiger partial charge in [-0.15, -0.1) is 0 Å². The molecule has 1 amide bonds. The normalized spacial score (nSPS) is 19.4. The van der Waals surface area contributed by atoms with E-state index in [0.29, 0.717) is 44.2 Å². The molecule has 1 aromatic carbocycles. The van der Waals surface area contributed by atoms with Crippen molar-refractivity contribution >= 4 is 11.9 Å². The summed E-state index contributed by atoms with van der Waals surface area (Å²) in [6.07, 6.45) is 1.60. The Balaban J connectivity index is 1.75. The Bertz CT molecular complexity index is 667. The molecule has 1 N–H and O–H groups in total. The van der Waals surface area contributed by atoms with E-state index in [1.165, 1.54) is 0 Å². The highest BCUT2D eigenvalue weighted by Crippen LogP contribution is 2.31. The predicted octanol–water partition coefficient (Wildman–Crippen LogP) is 1.79. The van der Waals surface area contributed by atoms with E-state index >= 15 is 0 Å². The molecule has 0 bridgehead atoms. The molecular weight excluding hydrogens is 338 g/mol. The van der Waals surface area contributed by atoms with Gasteiger partial charge in [-0.3, -0.25) is 4.79 Å². The molecule has 2 heterocycles. The quantitative estimate of drug-likeness (QED) is 0.878. The summed E-state index contributed by atoms with van der Waals surface area (Å²) in [6.45, 7) is 6.24. The molecule has 0 unspecified atom stereocenters. The molecule has 7 heteroatoms. The molecule has 0 aromatic heterocycles. The highest BCUT2D eigenvalue weighted by molar-refractivity contribution is 5.95. The lowest BCUT2D eigenvalue weighted by atomic mass is 9.91. The van der Waals surface area contributed by atoms with Gasteiger partial charge >= 0.3 is 5.97 Å². The fraction of sp³-hybridized carbons (Fsp3) is 0.579. The van der Waals surface area contributed by atoms with Crippen LogP contribution in [0.1, 0.15) is 34.3 Å². The summed E-state index contributed by atoms with van der Waals surface area (Å²) in [4.78, 5) is 25.6. The standard InChI is InChI=1S/C19H25NO6/c1-13-9-15(10-14(2)17(13)25-11-16(21)22)18(23)20-5-8-26-19(12-20)3-6-24-7-4-19/h9-10H,3-8,11-12H2,1-2H3,(H,21,22). The summed E-state index contributed by atoms with van der Waals surface area (Å²) < 4.78 is 16.8. The highest BCUT2D eigenvalue weighted by Gasteiger charge is 2.40. The molecule has 2 fully saturated rings. The van der Waals surface area contributed by atoms with Gasteiger partial charge < -0.3 is 24.2 Å². The zero-order valence-electron chi connectivity index (χ0n) is 15.2.